The summed E-state index contributed by atoms with van der Waals surface area (Å²) in [6.45, 7) is 3.04. The fraction of sp³-hybridized carbons (Fsp3) is 0.600. The van der Waals surface area contributed by atoms with Crippen LogP contribution < -0.4 is 5.32 Å². The molecule has 5 nitrogen and oxygen atoms in total. The second kappa shape index (κ2) is 6.78. The summed E-state index contributed by atoms with van der Waals surface area (Å²) in [4.78, 5) is 8.38. The Bertz CT molecular complexity index is 316. The lowest BCUT2D eigenvalue weighted by molar-refractivity contribution is 0.0365. The van der Waals surface area contributed by atoms with Crippen molar-refractivity contribution in [2.24, 2.45) is 0 Å². The molecule has 16 heavy (non-hydrogen) atoms. The normalized spacial score (nSPS) is 12.5. The van der Waals surface area contributed by atoms with E-state index < -0.39 is 0 Å². The summed E-state index contributed by atoms with van der Waals surface area (Å²) in [5, 5.41) is 3.18. The number of rotatable bonds is 6. The predicted molar refractivity (Wildman–Crippen MR) is 65.6 cm³/mol. The van der Waals surface area contributed by atoms with Crippen LogP contribution in [-0.2, 0) is 9.47 Å². The van der Waals surface area contributed by atoms with Crippen LogP contribution in [0.25, 0.3) is 0 Å². The Morgan fingerprint density at radius 3 is 2.75 bits per heavy atom. The molecular weight excluding hydrogens is 274 g/mol. The van der Waals surface area contributed by atoms with Gasteiger partial charge in [0.1, 0.15) is 16.2 Å². The highest BCUT2D eigenvalue weighted by molar-refractivity contribution is 9.10. The second-order valence-corrected chi connectivity index (χ2v) is 4.13. The molecule has 0 aliphatic carbocycles. The van der Waals surface area contributed by atoms with Gasteiger partial charge in [0.05, 0.1) is 12.7 Å². The van der Waals surface area contributed by atoms with Crippen molar-refractivity contribution in [2.45, 2.75) is 13.0 Å². The van der Waals surface area contributed by atoms with E-state index in [0.29, 0.717) is 13.2 Å². The molecule has 0 saturated heterocycles. The molecule has 0 radical (unpaired) electrons. The first-order chi connectivity index (χ1) is 7.65. The van der Waals surface area contributed by atoms with Crippen molar-refractivity contribution < 1.29 is 9.47 Å². The first kappa shape index (κ1) is 13.3. The number of hydrogen-bond acceptors (Lipinski definition) is 5. The van der Waals surface area contributed by atoms with Crippen LogP contribution in [0.4, 0.5) is 5.82 Å². The fourth-order valence-corrected chi connectivity index (χ4v) is 1.71. The van der Waals surface area contributed by atoms with E-state index in [-0.39, 0.29) is 6.10 Å². The van der Waals surface area contributed by atoms with Gasteiger partial charge >= 0.3 is 0 Å². The maximum Gasteiger partial charge on any atom is 0.130 e. The van der Waals surface area contributed by atoms with Crippen molar-refractivity contribution in [3.05, 3.63) is 16.5 Å². The van der Waals surface area contributed by atoms with Gasteiger partial charge in [0, 0.05) is 26.8 Å². The maximum absolute atomic E-state index is 5.23. The molecule has 6 heteroatoms. The Kier molecular flexibility index (Phi) is 5.65. The van der Waals surface area contributed by atoms with Gasteiger partial charge in [0.2, 0.25) is 0 Å². The van der Waals surface area contributed by atoms with Gasteiger partial charge in [-0.25, -0.2) is 9.97 Å². The van der Waals surface area contributed by atoms with E-state index in [1.807, 2.05) is 13.0 Å². The van der Waals surface area contributed by atoms with E-state index in [0.717, 1.165) is 16.2 Å². The smallest absolute Gasteiger partial charge is 0.130 e. The third-order valence-electron chi connectivity index (χ3n) is 2.00. The topological polar surface area (TPSA) is 56.3 Å². The van der Waals surface area contributed by atoms with Gasteiger partial charge in [-0.3, -0.25) is 0 Å². The lowest BCUT2D eigenvalue weighted by Gasteiger charge is -2.15. The van der Waals surface area contributed by atoms with Gasteiger partial charge in [0.25, 0.3) is 0 Å². The SMILES string of the molecule is COCC(CNc1cc(Br)nc(C)n1)OC. The van der Waals surface area contributed by atoms with Gasteiger partial charge in [0.15, 0.2) is 0 Å². The molecule has 0 aromatic carbocycles. The maximum atomic E-state index is 5.23. The summed E-state index contributed by atoms with van der Waals surface area (Å²) >= 11 is 3.32. The molecule has 0 saturated carbocycles. The Balaban J connectivity index is 2.52. The number of nitrogens with one attached hydrogen (secondary N) is 1. The molecular formula is C10H16BrN3O2. The van der Waals surface area contributed by atoms with E-state index in [4.69, 9.17) is 9.47 Å². The number of anilines is 1. The number of aromatic nitrogens is 2. The minimum atomic E-state index is 0.0130. The zero-order valence-electron chi connectivity index (χ0n) is 9.66. The second-order valence-electron chi connectivity index (χ2n) is 3.32. The molecule has 0 amide bonds. The van der Waals surface area contributed by atoms with Crippen LogP contribution in [0.5, 0.6) is 0 Å². The Morgan fingerprint density at radius 1 is 1.44 bits per heavy atom. The van der Waals surface area contributed by atoms with Crippen molar-refractivity contribution in [1.82, 2.24) is 9.97 Å². The summed E-state index contributed by atoms with van der Waals surface area (Å²) in [6.07, 6.45) is 0.0130. The van der Waals surface area contributed by atoms with Crippen molar-refractivity contribution >= 4 is 21.7 Å². The van der Waals surface area contributed by atoms with Crippen molar-refractivity contribution in [3.8, 4) is 0 Å². The standard InChI is InChI=1S/C10H16BrN3O2/c1-7-13-9(11)4-10(14-7)12-5-8(16-3)6-15-2/h4,8H,5-6H2,1-3H3,(H,12,13,14). The number of hydrogen-bond donors (Lipinski definition) is 1. The van der Waals surface area contributed by atoms with Gasteiger partial charge in [-0.2, -0.15) is 0 Å². The quantitative estimate of drug-likeness (QED) is 0.807. The van der Waals surface area contributed by atoms with E-state index >= 15 is 0 Å². The van der Waals surface area contributed by atoms with Gasteiger partial charge in [-0.15, -0.1) is 0 Å². The highest BCUT2D eigenvalue weighted by Crippen LogP contribution is 2.11. The van der Waals surface area contributed by atoms with Crippen molar-refractivity contribution in [1.29, 1.82) is 0 Å². The summed E-state index contributed by atoms with van der Waals surface area (Å²) < 4.78 is 11.0. The highest BCUT2D eigenvalue weighted by Gasteiger charge is 2.07. The van der Waals surface area contributed by atoms with Gasteiger partial charge < -0.3 is 14.8 Å². The molecule has 1 N–H and O–H groups in total. The van der Waals surface area contributed by atoms with Crippen molar-refractivity contribution in [3.63, 3.8) is 0 Å². The monoisotopic (exact) mass is 289 g/mol. The molecule has 0 fully saturated rings. The average Bonchev–Trinajstić information content (AvgIpc) is 2.23. The third kappa shape index (κ3) is 4.42. The predicted octanol–water partition coefficient (Wildman–Crippen LogP) is 1.62. The van der Waals surface area contributed by atoms with E-state index in [1.54, 1.807) is 14.2 Å². The van der Waals surface area contributed by atoms with Crippen LogP contribution in [0.2, 0.25) is 0 Å². The molecule has 0 spiro atoms. The largest absolute Gasteiger partial charge is 0.382 e. The van der Waals surface area contributed by atoms with E-state index in [2.05, 4.69) is 31.2 Å². The number of aryl methyl sites for hydroxylation is 1. The Hall–Kier alpha value is -0.720. The van der Waals surface area contributed by atoms with Gasteiger partial charge in [-0.1, -0.05) is 0 Å². The molecule has 1 atom stereocenters. The van der Waals surface area contributed by atoms with E-state index in [1.165, 1.54) is 0 Å². The van der Waals surface area contributed by atoms with Crippen LogP contribution >= 0.6 is 15.9 Å². The molecule has 1 heterocycles. The first-order valence-electron chi connectivity index (χ1n) is 4.92. The number of methoxy groups -OCH3 is 2. The lowest BCUT2D eigenvalue weighted by atomic mass is 10.3. The van der Waals surface area contributed by atoms with Crippen LogP contribution in [0.3, 0.4) is 0 Å². The first-order valence-corrected chi connectivity index (χ1v) is 5.71. The average molecular weight is 290 g/mol. The number of nitrogens with zero attached hydrogens (tertiary/aromatic N) is 2. The molecule has 0 aliphatic rings. The molecule has 0 bridgehead atoms. The van der Waals surface area contributed by atoms with Crippen LogP contribution in [0, 0.1) is 6.92 Å². The molecule has 0 aliphatic heterocycles. The summed E-state index contributed by atoms with van der Waals surface area (Å²) in [7, 11) is 3.31. The molecule has 1 aromatic rings. The van der Waals surface area contributed by atoms with E-state index in [9.17, 15) is 0 Å². The third-order valence-corrected chi connectivity index (χ3v) is 2.41. The number of ether oxygens (including phenoxy) is 2. The highest BCUT2D eigenvalue weighted by atomic mass is 79.9. The zero-order valence-corrected chi connectivity index (χ0v) is 11.2. The van der Waals surface area contributed by atoms with Crippen LogP contribution in [0.15, 0.2) is 10.7 Å². The molecule has 1 aromatic heterocycles. The minimum absolute atomic E-state index is 0.0130. The zero-order chi connectivity index (χ0) is 12.0. The molecule has 90 valence electrons. The van der Waals surface area contributed by atoms with Gasteiger partial charge in [-0.05, 0) is 22.9 Å². The lowest BCUT2D eigenvalue weighted by Crippen LogP contribution is -2.27. The summed E-state index contributed by atoms with van der Waals surface area (Å²) in [6, 6.07) is 1.83. The molecule has 1 unspecified atom stereocenters. The fourth-order valence-electron chi connectivity index (χ4n) is 1.24. The molecule has 1 rings (SSSR count). The summed E-state index contributed by atoms with van der Waals surface area (Å²) in [5.74, 6) is 1.50. The van der Waals surface area contributed by atoms with Crippen molar-refractivity contribution in [2.75, 3.05) is 32.7 Å². The van der Waals surface area contributed by atoms with Crippen LogP contribution in [0.1, 0.15) is 5.82 Å². The van der Waals surface area contributed by atoms with Crippen LogP contribution in [-0.4, -0.2) is 43.4 Å². The number of halogens is 1. The Morgan fingerprint density at radius 2 is 2.19 bits per heavy atom. The minimum Gasteiger partial charge on any atom is -0.382 e. The Labute approximate surface area is 104 Å². The summed E-state index contributed by atoms with van der Waals surface area (Å²) in [5.41, 5.74) is 0.